The number of aromatic hydroxyl groups is 1. The first-order valence-electron chi connectivity index (χ1n) is 5.46. The summed E-state index contributed by atoms with van der Waals surface area (Å²) in [5, 5.41) is 17.8. The Morgan fingerprint density at radius 1 is 1.38 bits per heavy atom. The van der Waals surface area contributed by atoms with E-state index in [0.717, 1.165) is 31.0 Å². The second kappa shape index (κ2) is 3.45. The number of hydrogen-bond acceptors (Lipinski definition) is 4. The van der Waals surface area contributed by atoms with Gasteiger partial charge in [-0.2, -0.15) is 0 Å². The van der Waals surface area contributed by atoms with Crippen LogP contribution in [0.25, 0.3) is 5.65 Å². The molecule has 5 nitrogen and oxygen atoms in total. The van der Waals surface area contributed by atoms with Crippen molar-refractivity contribution in [1.29, 1.82) is 0 Å². The van der Waals surface area contributed by atoms with Crippen LogP contribution < -0.4 is 0 Å². The second-order valence-electron chi connectivity index (χ2n) is 4.42. The minimum atomic E-state index is 0.250. The van der Waals surface area contributed by atoms with Gasteiger partial charge in [-0.05, 0) is 32.1 Å². The van der Waals surface area contributed by atoms with Crippen molar-refractivity contribution in [2.24, 2.45) is 0 Å². The van der Waals surface area contributed by atoms with E-state index < -0.39 is 0 Å². The molecular formula is C11H14N4O. The molecule has 3 rings (SSSR count). The summed E-state index contributed by atoms with van der Waals surface area (Å²) >= 11 is 0. The minimum Gasteiger partial charge on any atom is -0.506 e. The van der Waals surface area contributed by atoms with Crippen LogP contribution >= 0.6 is 0 Å². The monoisotopic (exact) mass is 218 g/mol. The number of hydrogen-bond donors (Lipinski definition) is 1. The van der Waals surface area contributed by atoms with Gasteiger partial charge in [0.1, 0.15) is 11.6 Å². The molecule has 1 fully saturated rings. The Kier molecular flexibility index (Phi) is 2.07. The molecule has 0 radical (unpaired) electrons. The zero-order valence-corrected chi connectivity index (χ0v) is 9.17. The third-order valence-corrected chi connectivity index (χ3v) is 3.17. The largest absolute Gasteiger partial charge is 0.506 e. The number of fused-ring (bicyclic) bond motifs is 1. The number of likely N-dealkylation sites (tertiary alicyclic amines) is 1. The summed E-state index contributed by atoms with van der Waals surface area (Å²) in [5.74, 6) is 1.62. The number of rotatable bonds is 1. The van der Waals surface area contributed by atoms with Gasteiger partial charge in [0.15, 0.2) is 5.65 Å². The quantitative estimate of drug-likeness (QED) is 0.771. The van der Waals surface area contributed by atoms with Gasteiger partial charge >= 0.3 is 0 Å². The summed E-state index contributed by atoms with van der Waals surface area (Å²) in [7, 11) is 2.11. The molecule has 1 aliphatic heterocycles. The van der Waals surface area contributed by atoms with Crippen molar-refractivity contribution in [1.82, 2.24) is 19.5 Å². The van der Waals surface area contributed by atoms with Crippen LogP contribution in [0.1, 0.15) is 18.2 Å². The molecule has 1 saturated heterocycles. The van der Waals surface area contributed by atoms with Crippen molar-refractivity contribution in [2.45, 2.75) is 12.3 Å². The lowest BCUT2D eigenvalue weighted by Gasteiger charge is -2.08. The van der Waals surface area contributed by atoms with Gasteiger partial charge in [-0.1, -0.05) is 0 Å². The fraction of sp³-hybridized carbons (Fsp3) is 0.455. The van der Waals surface area contributed by atoms with E-state index in [0.29, 0.717) is 5.92 Å². The van der Waals surface area contributed by atoms with Crippen molar-refractivity contribution >= 4 is 5.65 Å². The molecule has 3 heterocycles. The SMILES string of the molecule is CN1CCC(c2nnc3ccc(O)cn23)C1. The van der Waals surface area contributed by atoms with Gasteiger partial charge in [-0.25, -0.2) is 0 Å². The van der Waals surface area contributed by atoms with Crippen molar-refractivity contribution < 1.29 is 5.11 Å². The van der Waals surface area contributed by atoms with Crippen LogP contribution in [0.2, 0.25) is 0 Å². The molecule has 0 spiro atoms. The Morgan fingerprint density at radius 2 is 2.25 bits per heavy atom. The summed E-state index contributed by atoms with van der Waals surface area (Å²) in [5.41, 5.74) is 0.794. The fourth-order valence-electron chi connectivity index (χ4n) is 2.32. The van der Waals surface area contributed by atoms with Gasteiger partial charge in [0.25, 0.3) is 0 Å². The third-order valence-electron chi connectivity index (χ3n) is 3.17. The summed E-state index contributed by atoms with van der Waals surface area (Å²) < 4.78 is 1.89. The van der Waals surface area contributed by atoms with Gasteiger partial charge in [0.05, 0.1) is 6.20 Å². The second-order valence-corrected chi connectivity index (χ2v) is 4.42. The van der Waals surface area contributed by atoms with Crippen molar-refractivity contribution in [3.05, 3.63) is 24.2 Å². The molecule has 0 saturated carbocycles. The topological polar surface area (TPSA) is 53.7 Å². The molecular weight excluding hydrogens is 204 g/mol. The standard InChI is InChI=1S/C11H14N4O/c1-14-5-4-8(6-14)11-13-12-10-3-2-9(16)7-15(10)11/h2-3,7-8,16H,4-6H2,1H3. The maximum absolute atomic E-state index is 9.48. The molecule has 84 valence electrons. The first kappa shape index (κ1) is 9.59. The van der Waals surface area contributed by atoms with E-state index in [-0.39, 0.29) is 5.75 Å². The lowest BCUT2D eigenvalue weighted by Crippen LogP contribution is -2.14. The van der Waals surface area contributed by atoms with Crippen molar-refractivity contribution in [3.8, 4) is 5.75 Å². The van der Waals surface area contributed by atoms with Crippen molar-refractivity contribution in [3.63, 3.8) is 0 Å². The first-order valence-corrected chi connectivity index (χ1v) is 5.46. The van der Waals surface area contributed by atoms with Crippen LogP contribution in [0.3, 0.4) is 0 Å². The third kappa shape index (κ3) is 1.44. The molecule has 0 aromatic carbocycles. The Balaban J connectivity index is 2.06. The molecule has 2 aromatic rings. The van der Waals surface area contributed by atoms with E-state index in [1.807, 2.05) is 4.40 Å². The summed E-state index contributed by atoms with van der Waals surface area (Å²) in [4.78, 5) is 2.29. The Morgan fingerprint density at radius 3 is 3.00 bits per heavy atom. The zero-order valence-electron chi connectivity index (χ0n) is 9.17. The molecule has 1 N–H and O–H groups in total. The lowest BCUT2D eigenvalue weighted by atomic mass is 10.1. The predicted octanol–water partition coefficient (Wildman–Crippen LogP) is 0.854. The molecule has 0 bridgehead atoms. The molecule has 0 aliphatic carbocycles. The summed E-state index contributed by atoms with van der Waals surface area (Å²) in [6.45, 7) is 2.11. The van der Waals surface area contributed by atoms with Crippen LogP contribution in [0.4, 0.5) is 0 Å². The van der Waals surface area contributed by atoms with Gasteiger partial charge in [0.2, 0.25) is 0 Å². The van der Waals surface area contributed by atoms with E-state index in [2.05, 4.69) is 22.1 Å². The minimum absolute atomic E-state index is 0.250. The van der Waals surface area contributed by atoms with Crippen LogP contribution in [0.5, 0.6) is 5.75 Å². The highest BCUT2D eigenvalue weighted by molar-refractivity contribution is 5.41. The van der Waals surface area contributed by atoms with E-state index >= 15 is 0 Å². The molecule has 2 aromatic heterocycles. The number of likely N-dealkylation sites (N-methyl/N-ethyl adjacent to an activating group) is 1. The lowest BCUT2D eigenvalue weighted by molar-refractivity contribution is 0.409. The highest BCUT2D eigenvalue weighted by Gasteiger charge is 2.25. The molecule has 1 atom stereocenters. The average molecular weight is 218 g/mol. The van der Waals surface area contributed by atoms with Gasteiger partial charge in [-0.3, -0.25) is 4.40 Å². The number of pyridine rings is 1. The highest BCUT2D eigenvalue weighted by Crippen LogP contribution is 2.25. The van der Waals surface area contributed by atoms with Crippen LogP contribution in [0.15, 0.2) is 18.3 Å². The van der Waals surface area contributed by atoms with Crippen LogP contribution in [-0.2, 0) is 0 Å². The maximum Gasteiger partial charge on any atom is 0.161 e. The van der Waals surface area contributed by atoms with Crippen LogP contribution in [0, 0.1) is 0 Å². The first-order chi connectivity index (χ1) is 7.74. The van der Waals surface area contributed by atoms with Crippen molar-refractivity contribution in [2.75, 3.05) is 20.1 Å². The Bertz CT molecular complexity index is 522. The van der Waals surface area contributed by atoms with E-state index in [1.54, 1.807) is 18.3 Å². The molecule has 16 heavy (non-hydrogen) atoms. The molecule has 5 heteroatoms. The summed E-state index contributed by atoms with van der Waals surface area (Å²) in [6, 6.07) is 3.42. The number of nitrogens with zero attached hydrogens (tertiary/aromatic N) is 4. The van der Waals surface area contributed by atoms with E-state index in [4.69, 9.17) is 0 Å². The molecule has 1 aliphatic rings. The van der Waals surface area contributed by atoms with Crippen LogP contribution in [-0.4, -0.2) is 44.7 Å². The zero-order chi connectivity index (χ0) is 11.1. The Hall–Kier alpha value is -1.62. The normalized spacial score (nSPS) is 21.9. The summed E-state index contributed by atoms with van der Waals surface area (Å²) in [6.07, 6.45) is 2.79. The molecule has 0 amide bonds. The maximum atomic E-state index is 9.48. The van der Waals surface area contributed by atoms with E-state index in [1.165, 1.54) is 0 Å². The van der Waals surface area contributed by atoms with Gasteiger partial charge in [0, 0.05) is 12.5 Å². The number of aromatic nitrogens is 3. The average Bonchev–Trinajstić information content (AvgIpc) is 2.83. The van der Waals surface area contributed by atoms with Gasteiger partial charge in [-0.15, -0.1) is 10.2 Å². The molecule has 1 unspecified atom stereocenters. The predicted molar refractivity (Wildman–Crippen MR) is 59.5 cm³/mol. The fourth-order valence-corrected chi connectivity index (χ4v) is 2.32. The van der Waals surface area contributed by atoms with Gasteiger partial charge < -0.3 is 10.0 Å². The Labute approximate surface area is 93.3 Å². The smallest absolute Gasteiger partial charge is 0.161 e. The highest BCUT2D eigenvalue weighted by atomic mass is 16.3. The van der Waals surface area contributed by atoms with E-state index in [9.17, 15) is 5.11 Å².